The van der Waals surface area contributed by atoms with E-state index < -0.39 is 11.0 Å². The minimum Gasteiger partial charge on any atom is -0.389 e. The van der Waals surface area contributed by atoms with E-state index >= 15 is 0 Å². The average Bonchev–Trinajstić information content (AvgIpc) is 2.90. The molecule has 106 valence electrons. The number of hydrogen-bond donors (Lipinski definition) is 1. The van der Waals surface area contributed by atoms with Crippen molar-refractivity contribution in [3.05, 3.63) is 56.3 Å². The van der Waals surface area contributed by atoms with Crippen molar-refractivity contribution in [2.75, 3.05) is 11.9 Å². The van der Waals surface area contributed by atoms with Crippen molar-refractivity contribution in [3.63, 3.8) is 0 Å². The Kier molecular flexibility index (Phi) is 4.36. The molecule has 2 aromatic rings. The Morgan fingerprint density at radius 3 is 2.75 bits per heavy atom. The molecule has 0 spiro atoms. The van der Waals surface area contributed by atoms with Crippen LogP contribution in [0.5, 0.6) is 0 Å². The number of rotatable bonds is 5. The Labute approximate surface area is 121 Å². The zero-order valence-corrected chi connectivity index (χ0v) is 12.1. The molecule has 6 heteroatoms. The molecule has 0 saturated heterocycles. The Hall–Kier alpha value is -1.92. The molecule has 2 rings (SSSR count). The number of benzene rings is 1. The van der Waals surface area contributed by atoms with E-state index in [0.29, 0.717) is 17.8 Å². The van der Waals surface area contributed by atoms with E-state index in [1.807, 2.05) is 28.8 Å². The quantitative estimate of drug-likeness (QED) is 0.678. The number of nitrogens with zero attached hydrogens (tertiary/aromatic N) is 2. The van der Waals surface area contributed by atoms with Crippen molar-refractivity contribution in [2.24, 2.45) is 0 Å². The fourth-order valence-electron chi connectivity index (χ4n) is 2.01. The molecule has 1 atom stereocenters. The summed E-state index contributed by atoms with van der Waals surface area (Å²) in [6, 6.07) is 6.84. The zero-order valence-electron chi connectivity index (χ0n) is 11.3. The van der Waals surface area contributed by atoms with Crippen LogP contribution >= 0.6 is 11.3 Å². The van der Waals surface area contributed by atoms with Gasteiger partial charge in [0.2, 0.25) is 0 Å². The molecule has 1 heterocycles. The van der Waals surface area contributed by atoms with Crippen molar-refractivity contribution in [3.8, 4) is 0 Å². The molecule has 1 N–H and O–H groups in total. The molecule has 5 nitrogen and oxygen atoms in total. The molecular weight excluding hydrogens is 276 g/mol. The Morgan fingerprint density at radius 2 is 2.20 bits per heavy atom. The molecule has 0 bridgehead atoms. The van der Waals surface area contributed by atoms with Crippen LogP contribution < -0.4 is 4.90 Å². The van der Waals surface area contributed by atoms with Crippen molar-refractivity contribution in [2.45, 2.75) is 19.6 Å². The predicted molar refractivity (Wildman–Crippen MR) is 80.2 cm³/mol. The van der Waals surface area contributed by atoms with Crippen molar-refractivity contribution in [1.82, 2.24) is 0 Å². The number of anilines is 1. The van der Waals surface area contributed by atoms with Crippen LogP contribution in [0.4, 0.5) is 11.4 Å². The topological polar surface area (TPSA) is 66.6 Å². The first-order valence-corrected chi connectivity index (χ1v) is 7.12. The van der Waals surface area contributed by atoms with Crippen LogP contribution in [0.15, 0.2) is 35.0 Å². The molecule has 0 radical (unpaired) electrons. The van der Waals surface area contributed by atoms with Gasteiger partial charge >= 0.3 is 0 Å². The van der Waals surface area contributed by atoms with E-state index in [9.17, 15) is 15.2 Å². The highest BCUT2D eigenvalue weighted by molar-refractivity contribution is 7.07. The monoisotopic (exact) mass is 292 g/mol. The summed E-state index contributed by atoms with van der Waals surface area (Å²) in [5.41, 5.74) is 2.22. The maximum absolute atomic E-state index is 11.2. The van der Waals surface area contributed by atoms with E-state index in [1.165, 1.54) is 6.07 Å². The lowest BCUT2D eigenvalue weighted by Gasteiger charge is -2.19. The second-order valence-corrected chi connectivity index (χ2v) is 5.45. The summed E-state index contributed by atoms with van der Waals surface area (Å²) in [6.45, 7) is 2.20. The van der Waals surface area contributed by atoms with Gasteiger partial charge in [0.15, 0.2) is 0 Å². The molecule has 0 fully saturated rings. The SMILES string of the molecule is C[C@@H](O)c1ccc(N(C)Cc2ccsc2)c([N+](=O)[O-])c1. The molecular formula is C14H16N2O3S. The van der Waals surface area contributed by atoms with Crippen LogP contribution in [0.3, 0.4) is 0 Å². The van der Waals surface area contributed by atoms with Gasteiger partial charge in [0, 0.05) is 19.7 Å². The van der Waals surface area contributed by atoms with E-state index in [1.54, 1.807) is 30.4 Å². The first-order valence-electron chi connectivity index (χ1n) is 6.17. The Morgan fingerprint density at radius 1 is 1.45 bits per heavy atom. The Balaban J connectivity index is 2.32. The van der Waals surface area contributed by atoms with E-state index in [0.717, 1.165) is 5.56 Å². The number of aliphatic hydroxyl groups excluding tert-OH is 1. The highest BCUT2D eigenvalue weighted by Gasteiger charge is 2.19. The fourth-order valence-corrected chi connectivity index (χ4v) is 2.67. The normalized spacial score (nSPS) is 12.2. The molecule has 0 unspecified atom stereocenters. The maximum Gasteiger partial charge on any atom is 0.292 e. The van der Waals surface area contributed by atoms with Gasteiger partial charge in [-0.15, -0.1) is 0 Å². The van der Waals surface area contributed by atoms with Crippen molar-refractivity contribution < 1.29 is 10.0 Å². The first kappa shape index (κ1) is 14.5. The molecule has 20 heavy (non-hydrogen) atoms. The van der Waals surface area contributed by atoms with Gasteiger partial charge in [0.1, 0.15) is 5.69 Å². The van der Waals surface area contributed by atoms with Gasteiger partial charge in [-0.3, -0.25) is 10.1 Å². The lowest BCUT2D eigenvalue weighted by atomic mass is 10.1. The number of hydrogen-bond acceptors (Lipinski definition) is 5. The summed E-state index contributed by atoms with van der Waals surface area (Å²) >= 11 is 1.60. The highest BCUT2D eigenvalue weighted by Crippen LogP contribution is 2.31. The van der Waals surface area contributed by atoms with Gasteiger partial charge < -0.3 is 10.0 Å². The summed E-state index contributed by atoms with van der Waals surface area (Å²) in [7, 11) is 1.82. The standard InChI is InChI=1S/C14H16N2O3S/c1-10(17)12-3-4-13(14(7-12)16(18)19)15(2)8-11-5-6-20-9-11/h3-7,9-10,17H,8H2,1-2H3/t10-/m1/s1. The molecule has 1 aromatic heterocycles. The minimum atomic E-state index is -0.718. The Bertz CT molecular complexity index is 596. The van der Waals surface area contributed by atoms with Gasteiger partial charge in [-0.2, -0.15) is 11.3 Å². The summed E-state index contributed by atoms with van der Waals surface area (Å²) < 4.78 is 0. The number of aliphatic hydroxyl groups is 1. The van der Waals surface area contributed by atoms with Crippen LogP contribution in [0, 0.1) is 10.1 Å². The second-order valence-electron chi connectivity index (χ2n) is 4.67. The molecule has 1 aromatic carbocycles. The third-order valence-corrected chi connectivity index (χ3v) is 3.82. The van der Waals surface area contributed by atoms with Crippen molar-refractivity contribution in [1.29, 1.82) is 0 Å². The summed E-state index contributed by atoms with van der Waals surface area (Å²) in [5, 5.41) is 24.7. The van der Waals surface area contributed by atoms with Gasteiger partial charge in [-0.25, -0.2) is 0 Å². The number of nitro groups is 1. The lowest BCUT2D eigenvalue weighted by molar-refractivity contribution is -0.384. The summed E-state index contributed by atoms with van der Waals surface area (Å²) in [6.07, 6.45) is -0.718. The van der Waals surface area contributed by atoms with E-state index in [4.69, 9.17) is 0 Å². The highest BCUT2D eigenvalue weighted by atomic mass is 32.1. The number of nitro benzene ring substituents is 1. The third kappa shape index (κ3) is 3.15. The van der Waals surface area contributed by atoms with Crippen LogP contribution in [-0.2, 0) is 6.54 Å². The third-order valence-electron chi connectivity index (χ3n) is 3.09. The van der Waals surface area contributed by atoms with Gasteiger partial charge in [0.05, 0.1) is 11.0 Å². The predicted octanol–water partition coefficient (Wildman–Crippen LogP) is 3.35. The molecule has 0 aliphatic heterocycles. The van der Waals surface area contributed by atoms with Gasteiger partial charge in [-0.05, 0) is 40.9 Å². The first-order chi connectivity index (χ1) is 9.49. The van der Waals surface area contributed by atoms with E-state index in [-0.39, 0.29) is 5.69 Å². The molecule has 0 saturated carbocycles. The second kappa shape index (κ2) is 6.02. The zero-order chi connectivity index (χ0) is 14.7. The molecule has 0 aliphatic rings. The van der Waals surface area contributed by atoms with Crippen LogP contribution in [-0.4, -0.2) is 17.1 Å². The van der Waals surface area contributed by atoms with Gasteiger partial charge in [-0.1, -0.05) is 6.07 Å². The molecule has 0 aliphatic carbocycles. The van der Waals surface area contributed by atoms with Crippen LogP contribution in [0.25, 0.3) is 0 Å². The van der Waals surface area contributed by atoms with Crippen molar-refractivity contribution >= 4 is 22.7 Å². The lowest BCUT2D eigenvalue weighted by Crippen LogP contribution is -2.17. The maximum atomic E-state index is 11.2. The van der Waals surface area contributed by atoms with E-state index in [2.05, 4.69) is 0 Å². The fraction of sp³-hybridized carbons (Fsp3) is 0.286. The molecule has 0 amide bonds. The average molecular weight is 292 g/mol. The largest absolute Gasteiger partial charge is 0.389 e. The van der Waals surface area contributed by atoms with Gasteiger partial charge in [0.25, 0.3) is 5.69 Å². The summed E-state index contributed by atoms with van der Waals surface area (Å²) in [4.78, 5) is 12.6. The van der Waals surface area contributed by atoms with Crippen LogP contribution in [0.2, 0.25) is 0 Å². The smallest absolute Gasteiger partial charge is 0.292 e. The summed E-state index contributed by atoms with van der Waals surface area (Å²) in [5.74, 6) is 0. The minimum absolute atomic E-state index is 0.0149. The van der Waals surface area contributed by atoms with Crippen LogP contribution in [0.1, 0.15) is 24.2 Å². The number of thiophene rings is 1.